The molecule has 0 aliphatic rings. The van der Waals surface area contributed by atoms with Gasteiger partial charge in [-0.15, -0.1) is 0 Å². The molecular formula is CaCdCr3O12Zn. The molecule has 0 unspecified atom stereocenters. The van der Waals surface area contributed by atoms with E-state index in [1.807, 2.05) is 0 Å². The maximum atomic E-state index is 8.59. The van der Waals surface area contributed by atoms with Gasteiger partial charge in [-0.1, -0.05) is 0 Å². The molecule has 0 aromatic carbocycles. The van der Waals surface area contributed by atoms with E-state index in [4.69, 9.17) is 47.8 Å². The first kappa shape index (κ1) is 37.3. The van der Waals surface area contributed by atoms with Crippen LogP contribution in [0.25, 0.3) is 0 Å². The number of rotatable bonds is 0. The number of hydrogen-bond donors (Lipinski definition) is 0. The summed E-state index contributed by atoms with van der Waals surface area (Å²) in [5, 5.41) is 0. The Morgan fingerprint density at radius 3 is 0.500 bits per heavy atom. The number of hydrogen-bond acceptors (Lipinski definition) is 12. The van der Waals surface area contributed by atoms with Gasteiger partial charge in [0.15, 0.2) is 0 Å². The van der Waals surface area contributed by atoms with Crippen LogP contribution in [-0.4, -0.2) is 37.7 Å². The van der Waals surface area contributed by atoms with E-state index in [9.17, 15) is 0 Å². The normalized spacial score (nSPS) is 9.67. The van der Waals surface area contributed by atoms with E-state index in [2.05, 4.69) is 0 Å². The summed E-state index contributed by atoms with van der Waals surface area (Å²) in [6.45, 7) is 0. The van der Waals surface area contributed by atoms with Gasteiger partial charge >= 0.3 is 173 Å². The fraction of sp³-hybridized carbons (Fsp3) is 0. The minimum atomic E-state index is -5.75. The van der Waals surface area contributed by atoms with E-state index < -0.39 is 40.8 Å². The largest absolute Gasteiger partial charge is 2.00 e. The average Bonchev–Trinajstić information content (AvgIpc) is 1.41. The van der Waals surface area contributed by atoms with E-state index in [1.54, 1.807) is 0 Å². The first-order valence-electron chi connectivity index (χ1n) is 2.00. The molecule has 0 atom stereocenters. The topological polar surface area (TPSA) is 241 Å². The van der Waals surface area contributed by atoms with E-state index >= 15 is 0 Å². The van der Waals surface area contributed by atoms with Gasteiger partial charge in [0.05, 0.1) is 0 Å². The fourth-order valence-corrected chi connectivity index (χ4v) is 0. The minimum Gasteiger partial charge on any atom is 2.00 e. The third kappa shape index (κ3) is 697. The van der Waals surface area contributed by atoms with Crippen LogP contribution in [0.2, 0.25) is 0 Å². The van der Waals surface area contributed by atoms with Gasteiger partial charge in [-0.05, 0) is 0 Å². The SMILES string of the molecule is [Ca+2].[Cd+2].[O]=[Cr](=[O])([O-])[O-].[O]=[Cr](=[O])([O-])[O-].[O]=[Cr](=[O])([O-])[O-].[Zn+2]. The van der Waals surface area contributed by atoms with Crippen LogP contribution in [-0.2, 0) is 110 Å². The predicted octanol–water partition coefficient (Wildman–Crippen LogP) is -8.24. The molecule has 12 nitrogen and oxygen atoms in total. The molecule has 0 bridgehead atoms. The zero-order valence-corrected chi connectivity index (χ0v) is 21.3. The first-order valence-corrected chi connectivity index (χ1v) is 8.25. The molecule has 0 aliphatic heterocycles. The fourth-order valence-electron chi connectivity index (χ4n) is 0. The van der Waals surface area contributed by atoms with E-state index in [0.717, 1.165) is 0 Å². The Bertz CT molecular complexity index is 348. The van der Waals surface area contributed by atoms with Crippen LogP contribution < -0.4 is 24.9 Å². The van der Waals surface area contributed by atoms with Crippen molar-refractivity contribution >= 4 is 37.7 Å². The summed E-state index contributed by atoms with van der Waals surface area (Å²) in [7, 11) is 0. The Kier molecular flexibility index (Phi) is 33.9. The minimum absolute atomic E-state index is 0. The van der Waals surface area contributed by atoms with Crippen molar-refractivity contribution in [1.82, 2.24) is 0 Å². The molecule has 0 radical (unpaired) electrons. The van der Waals surface area contributed by atoms with Gasteiger partial charge in [0.25, 0.3) is 0 Å². The summed E-state index contributed by atoms with van der Waals surface area (Å²) in [4.78, 5) is 0. The van der Waals surface area contributed by atoms with Crippen molar-refractivity contribution < 1.29 is 135 Å². The second kappa shape index (κ2) is 16.3. The van der Waals surface area contributed by atoms with Crippen molar-refractivity contribution in [3.8, 4) is 0 Å². The zero-order valence-electron chi connectivity index (χ0n) is 8.25. The summed E-state index contributed by atoms with van der Waals surface area (Å²) in [5.41, 5.74) is 0. The quantitative estimate of drug-likeness (QED) is 0.249. The van der Waals surface area contributed by atoms with E-state index in [0.29, 0.717) is 0 Å². The van der Waals surface area contributed by atoms with Gasteiger partial charge in [-0.2, -0.15) is 0 Å². The molecule has 0 rings (SSSR count). The molecule has 0 N–H and O–H groups in total. The van der Waals surface area contributed by atoms with Gasteiger partial charge in [0.1, 0.15) is 0 Å². The van der Waals surface area contributed by atoms with Crippen LogP contribution in [0.3, 0.4) is 0 Å². The van der Waals surface area contributed by atoms with E-state index in [1.165, 1.54) is 0 Å². The Morgan fingerprint density at radius 1 is 0.500 bits per heavy atom. The molecule has 0 aliphatic carbocycles. The third-order valence-electron chi connectivity index (χ3n) is 0. The summed E-state index contributed by atoms with van der Waals surface area (Å²) in [5.74, 6) is 0. The Morgan fingerprint density at radius 2 is 0.500 bits per heavy atom. The summed E-state index contributed by atoms with van der Waals surface area (Å²) in [6, 6.07) is 0. The van der Waals surface area contributed by atoms with E-state index in [-0.39, 0.29) is 84.5 Å². The maximum Gasteiger partial charge on any atom is 2.00 e. The van der Waals surface area contributed by atoms with Crippen molar-refractivity contribution in [2.75, 3.05) is 0 Å². The molecule has 0 aromatic heterocycles. The van der Waals surface area contributed by atoms with Crippen LogP contribution in [0.1, 0.15) is 0 Å². The van der Waals surface area contributed by atoms with Crippen molar-refractivity contribution in [3.63, 3.8) is 0 Å². The van der Waals surface area contributed by atoms with Gasteiger partial charge in [-0.25, -0.2) is 0 Å². The van der Waals surface area contributed by atoms with Crippen molar-refractivity contribution in [2.24, 2.45) is 0 Å². The molecule has 0 fully saturated rings. The molecular weight excluding hydrogens is 566 g/mol. The predicted molar refractivity (Wildman–Crippen MR) is 9.87 cm³/mol. The maximum absolute atomic E-state index is 8.59. The Hall–Kier alpha value is 2.96. The molecule has 18 heavy (non-hydrogen) atoms. The van der Waals surface area contributed by atoms with Crippen molar-refractivity contribution in [3.05, 3.63) is 0 Å². The van der Waals surface area contributed by atoms with Gasteiger partial charge in [0.2, 0.25) is 0 Å². The Balaban J connectivity index is -0.0000000277. The van der Waals surface area contributed by atoms with Crippen LogP contribution in [0, 0.1) is 0 Å². The first-order chi connectivity index (χ1) is 6.00. The third-order valence-corrected chi connectivity index (χ3v) is 0. The van der Waals surface area contributed by atoms with Gasteiger partial charge < -0.3 is 0 Å². The summed E-state index contributed by atoms with van der Waals surface area (Å²) < 4.78 is 103. The Labute approximate surface area is 170 Å². The second-order valence-electron chi connectivity index (χ2n) is 1.22. The zero-order chi connectivity index (χ0) is 13.5. The standard InChI is InChI=1S/Ca.Cd.3Cr.12O.Zn/q2*+2;;;;;;;;;;6*-1;+2. The van der Waals surface area contributed by atoms with Crippen molar-refractivity contribution in [1.29, 1.82) is 0 Å². The molecule has 0 amide bonds. The second-order valence-corrected chi connectivity index (χ2v) is 5.05. The van der Waals surface area contributed by atoms with Crippen LogP contribution >= 0.6 is 0 Å². The van der Waals surface area contributed by atoms with Crippen LogP contribution in [0.15, 0.2) is 0 Å². The summed E-state index contributed by atoms with van der Waals surface area (Å²) in [6.07, 6.45) is 0. The molecule has 0 spiro atoms. The molecule has 0 saturated carbocycles. The van der Waals surface area contributed by atoms with Crippen LogP contribution in [0.5, 0.6) is 0 Å². The van der Waals surface area contributed by atoms with Crippen molar-refractivity contribution in [2.45, 2.75) is 0 Å². The smallest absolute Gasteiger partial charge is 2.00 e. The monoisotopic (exact) mass is 566 g/mol. The average molecular weight is 566 g/mol. The van der Waals surface area contributed by atoms with Gasteiger partial charge in [0, 0.05) is 0 Å². The molecule has 0 aromatic rings. The molecule has 0 saturated heterocycles. The van der Waals surface area contributed by atoms with Gasteiger partial charge in [-0.3, -0.25) is 0 Å². The molecule has 0 heterocycles. The molecule has 18 heteroatoms. The van der Waals surface area contributed by atoms with Crippen LogP contribution in [0.4, 0.5) is 0 Å². The molecule has 96 valence electrons. The summed E-state index contributed by atoms with van der Waals surface area (Å²) >= 11 is -17.2.